The van der Waals surface area contributed by atoms with Crippen LogP contribution in [0.2, 0.25) is 0 Å². The van der Waals surface area contributed by atoms with Gasteiger partial charge in [-0.15, -0.1) is 0 Å². The minimum Gasteiger partial charge on any atom is -0.481 e. The topological polar surface area (TPSA) is 107 Å². The maximum absolute atomic E-state index is 11.0. The van der Waals surface area contributed by atoms with Crippen LogP contribution >= 0.6 is 11.8 Å². The molecule has 110 valence electrons. The van der Waals surface area contributed by atoms with Gasteiger partial charge >= 0.3 is 5.97 Å². The second-order valence-corrected chi connectivity index (χ2v) is 5.74. The lowest BCUT2D eigenvalue weighted by molar-refractivity contribution is -0.385. The van der Waals surface area contributed by atoms with Crippen molar-refractivity contribution in [3.8, 4) is 6.07 Å². The van der Waals surface area contributed by atoms with E-state index in [-0.39, 0.29) is 23.7 Å². The van der Waals surface area contributed by atoms with Gasteiger partial charge in [0.2, 0.25) is 0 Å². The summed E-state index contributed by atoms with van der Waals surface area (Å²) in [4.78, 5) is 23.2. The highest BCUT2D eigenvalue weighted by molar-refractivity contribution is 7.99. The van der Waals surface area contributed by atoms with Crippen LogP contribution < -0.4 is 4.90 Å². The fourth-order valence-electron chi connectivity index (χ4n) is 2.31. The van der Waals surface area contributed by atoms with Gasteiger partial charge in [0.15, 0.2) is 0 Å². The molecule has 1 aromatic rings. The number of nitriles is 1. The minimum absolute atomic E-state index is 0.00455. The summed E-state index contributed by atoms with van der Waals surface area (Å²) in [6.07, 6.45) is -0.0131. The van der Waals surface area contributed by atoms with Crippen LogP contribution in [0.4, 0.5) is 11.4 Å². The van der Waals surface area contributed by atoms with E-state index in [0.717, 1.165) is 5.75 Å². The number of rotatable bonds is 4. The Kier molecular flexibility index (Phi) is 4.65. The molecule has 1 aromatic carbocycles. The van der Waals surface area contributed by atoms with Crippen LogP contribution in [-0.2, 0) is 4.79 Å². The standard InChI is InChI=1S/C13H13N3O4S/c14-7-9-1-2-10(5-12(9)16(19)20)15-3-4-21-8-11(15)6-13(17)18/h1-2,5,11H,3-4,6,8H2,(H,17,18). The molecular formula is C13H13N3O4S. The number of nitrogens with zero attached hydrogens (tertiary/aromatic N) is 3. The molecule has 0 amide bonds. The van der Waals surface area contributed by atoms with Crippen LogP contribution in [0.15, 0.2) is 18.2 Å². The van der Waals surface area contributed by atoms with E-state index in [2.05, 4.69) is 0 Å². The average molecular weight is 307 g/mol. The summed E-state index contributed by atoms with van der Waals surface area (Å²) in [5.74, 6) is 0.611. The summed E-state index contributed by atoms with van der Waals surface area (Å²) in [6.45, 7) is 0.631. The van der Waals surface area contributed by atoms with Crippen molar-refractivity contribution in [2.24, 2.45) is 0 Å². The predicted octanol–water partition coefficient (Wildman–Crippen LogP) is 1.86. The van der Waals surface area contributed by atoms with E-state index in [4.69, 9.17) is 10.4 Å². The molecular weight excluding hydrogens is 294 g/mol. The van der Waals surface area contributed by atoms with Gasteiger partial charge in [0.25, 0.3) is 5.69 Å². The van der Waals surface area contributed by atoms with Crippen LogP contribution in [0.5, 0.6) is 0 Å². The number of hydrogen-bond donors (Lipinski definition) is 1. The maximum Gasteiger partial charge on any atom is 0.305 e. The number of benzene rings is 1. The lowest BCUT2D eigenvalue weighted by Crippen LogP contribution is -2.43. The number of carboxylic acid groups (broad SMARTS) is 1. The Morgan fingerprint density at radius 2 is 2.38 bits per heavy atom. The highest BCUT2D eigenvalue weighted by Crippen LogP contribution is 2.30. The van der Waals surface area contributed by atoms with Gasteiger partial charge in [0, 0.05) is 35.8 Å². The summed E-state index contributed by atoms with van der Waals surface area (Å²) in [5.41, 5.74) is 0.347. The zero-order chi connectivity index (χ0) is 15.4. The summed E-state index contributed by atoms with van der Waals surface area (Å²) in [6, 6.07) is 5.99. The number of anilines is 1. The van der Waals surface area contributed by atoms with Gasteiger partial charge in [-0.05, 0) is 12.1 Å². The zero-order valence-corrected chi connectivity index (χ0v) is 11.9. The Bertz CT molecular complexity index is 614. The van der Waals surface area contributed by atoms with Gasteiger partial charge in [-0.3, -0.25) is 14.9 Å². The minimum atomic E-state index is -0.893. The quantitative estimate of drug-likeness (QED) is 0.668. The van der Waals surface area contributed by atoms with Crippen molar-refractivity contribution in [1.29, 1.82) is 5.26 Å². The first kappa shape index (κ1) is 15.1. The van der Waals surface area contributed by atoms with Crippen molar-refractivity contribution >= 4 is 29.1 Å². The molecule has 1 unspecified atom stereocenters. The molecule has 0 bridgehead atoms. The molecule has 1 N–H and O–H groups in total. The highest BCUT2D eigenvalue weighted by atomic mass is 32.2. The Labute approximate surface area is 125 Å². The summed E-state index contributed by atoms with van der Waals surface area (Å²) < 4.78 is 0. The Balaban J connectivity index is 2.35. The van der Waals surface area contributed by atoms with Crippen molar-refractivity contribution < 1.29 is 14.8 Å². The van der Waals surface area contributed by atoms with E-state index in [1.165, 1.54) is 12.1 Å². The van der Waals surface area contributed by atoms with E-state index >= 15 is 0 Å². The molecule has 1 atom stereocenters. The van der Waals surface area contributed by atoms with E-state index in [9.17, 15) is 14.9 Å². The lowest BCUT2D eigenvalue weighted by atomic mass is 10.1. The number of nitro groups is 1. The third-order valence-corrected chi connectivity index (χ3v) is 4.36. The summed E-state index contributed by atoms with van der Waals surface area (Å²) in [5, 5.41) is 28.9. The summed E-state index contributed by atoms with van der Waals surface area (Å²) in [7, 11) is 0. The molecule has 0 saturated carbocycles. The highest BCUT2D eigenvalue weighted by Gasteiger charge is 2.27. The molecule has 1 fully saturated rings. The molecule has 0 radical (unpaired) electrons. The van der Waals surface area contributed by atoms with E-state index in [1.807, 2.05) is 4.90 Å². The van der Waals surface area contributed by atoms with Crippen molar-refractivity contribution in [2.45, 2.75) is 12.5 Å². The maximum atomic E-state index is 11.0. The lowest BCUT2D eigenvalue weighted by Gasteiger charge is -2.36. The van der Waals surface area contributed by atoms with Crippen LogP contribution in [0.3, 0.4) is 0 Å². The second-order valence-electron chi connectivity index (χ2n) is 4.59. The van der Waals surface area contributed by atoms with Crippen LogP contribution in [0.25, 0.3) is 0 Å². The molecule has 1 heterocycles. The molecule has 8 heteroatoms. The number of aliphatic carboxylic acids is 1. The fourth-order valence-corrected chi connectivity index (χ4v) is 3.37. The van der Waals surface area contributed by atoms with Crippen molar-refractivity contribution in [1.82, 2.24) is 0 Å². The molecule has 0 aliphatic carbocycles. The first-order valence-electron chi connectivity index (χ1n) is 6.27. The number of thioether (sulfide) groups is 1. The largest absolute Gasteiger partial charge is 0.481 e. The second kappa shape index (κ2) is 6.45. The van der Waals surface area contributed by atoms with E-state index in [1.54, 1.807) is 23.9 Å². The normalized spacial score (nSPS) is 18.0. The van der Waals surface area contributed by atoms with Crippen LogP contribution in [-0.4, -0.2) is 40.1 Å². The third-order valence-electron chi connectivity index (χ3n) is 3.27. The Morgan fingerprint density at radius 3 is 3.00 bits per heavy atom. The van der Waals surface area contributed by atoms with Crippen molar-refractivity contribution in [2.75, 3.05) is 23.0 Å². The smallest absolute Gasteiger partial charge is 0.305 e. The van der Waals surface area contributed by atoms with Gasteiger partial charge in [0.1, 0.15) is 11.6 Å². The van der Waals surface area contributed by atoms with Crippen LogP contribution in [0, 0.1) is 21.4 Å². The molecule has 1 aliphatic rings. The third kappa shape index (κ3) is 3.44. The number of carbonyl (C=O) groups is 1. The number of hydrogen-bond acceptors (Lipinski definition) is 6. The van der Waals surface area contributed by atoms with Crippen molar-refractivity contribution in [3.63, 3.8) is 0 Å². The zero-order valence-electron chi connectivity index (χ0n) is 11.1. The van der Waals surface area contributed by atoms with E-state index < -0.39 is 10.9 Å². The SMILES string of the molecule is N#Cc1ccc(N2CCSCC2CC(=O)O)cc1[N+](=O)[O-]. The molecule has 1 aliphatic heterocycles. The van der Waals surface area contributed by atoms with Gasteiger partial charge in [-0.25, -0.2) is 0 Å². The predicted molar refractivity (Wildman–Crippen MR) is 78.5 cm³/mol. The number of carboxylic acids is 1. The first-order valence-corrected chi connectivity index (χ1v) is 7.43. The van der Waals surface area contributed by atoms with Gasteiger partial charge in [0.05, 0.1) is 11.3 Å². The molecule has 21 heavy (non-hydrogen) atoms. The van der Waals surface area contributed by atoms with Gasteiger partial charge in [-0.2, -0.15) is 17.0 Å². The van der Waals surface area contributed by atoms with Crippen molar-refractivity contribution in [3.05, 3.63) is 33.9 Å². The Morgan fingerprint density at radius 1 is 1.62 bits per heavy atom. The van der Waals surface area contributed by atoms with Gasteiger partial charge < -0.3 is 10.0 Å². The first-order chi connectivity index (χ1) is 10.0. The Hall–Kier alpha value is -2.27. The summed E-state index contributed by atoms with van der Waals surface area (Å²) >= 11 is 1.67. The van der Waals surface area contributed by atoms with E-state index in [0.29, 0.717) is 18.0 Å². The molecule has 0 spiro atoms. The molecule has 2 rings (SSSR count). The van der Waals surface area contributed by atoms with Gasteiger partial charge in [-0.1, -0.05) is 0 Å². The van der Waals surface area contributed by atoms with Crippen LogP contribution in [0.1, 0.15) is 12.0 Å². The molecule has 0 aromatic heterocycles. The molecule has 7 nitrogen and oxygen atoms in total. The fraction of sp³-hybridized carbons (Fsp3) is 0.385. The monoisotopic (exact) mass is 307 g/mol. The average Bonchev–Trinajstić information content (AvgIpc) is 2.46. The number of nitro benzene ring substituents is 1. The molecule has 1 saturated heterocycles.